The van der Waals surface area contributed by atoms with Crippen molar-refractivity contribution in [3.05, 3.63) is 42.1 Å². The van der Waals surface area contributed by atoms with Crippen LogP contribution in [0.15, 0.2) is 27.7 Å². The van der Waals surface area contributed by atoms with Crippen molar-refractivity contribution in [1.29, 1.82) is 0 Å². The van der Waals surface area contributed by atoms with E-state index in [2.05, 4.69) is 20.9 Å². The maximum Gasteiger partial charge on any atom is 0.330 e. The maximum absolute atomic E-state index is 12.5. The highest BCUT2D eigenvalue weighted by molar-refractivity contribution is 9.10. The van der Waals surface area contributed by atoms with Gasteiger partial charge in [0.15, 0.2) is 3.95 Å². The lowest BCUT2D eigenvalue weighted by Gasteiger charge is -2.32. The second kappa shape index (κ2) is 6.96. The van der Waals surface area contributed by atoms with Gasteiger partial charge < -0.3 is 10.2 Å². The van der Waals surface area contributed by atoms with Crippen molar-refractivity contribution in [2.75, 3.05) is 0 Å². The zero-order valence-electron chi connectivity index (χ0n) is 14.8. The zero-order valence-corrected chi connectivity index (χ0v) is 18.0. The summed E-state index contributed by atoms with van der Waals surface area (Å²) in [6.45, 7) is 5.20. The van der Waals surface area contributed by atoms with Crippen molar-refractivity contribution in [2.45, 2.75) is 32.7 Å². The molecule has 2 N–H and O–H groups in total. The summed E-state index contributed by atoms with van der Waals surface area (Å²) in [5, 5.41) is 21.9. The Hall–Kier alpha value is -1.84. The lowest BCUT2D eigenvalue weighted by Crippen LogP contribution is -2.44. The Labute approximate surface area is 172 Å². The van der Waals surface area contributed by atoms with E-state index in [1.54, 1.807) is 25.1 Å². The van der Waals surface area contributed by atoms with Gasteiger partial charge in [-0.1, -0.05) is 36.2 Å². The molecule has 1 aromatic heterocycles. The number of benzene rings is 1. The van der Waals surface area contributed by atoms with Crippen molar-refractivity contribution >= 4 is 56.9 Å². The number of aromatic hydroxyl groups is 1. The predicted molar refractivity (Wildman–Crippen MR) is 108 cm³/mol. The molecule has 6 nitrogen and oxygen atoms in total. The van der Waals surface area contributed by atoms with Crippen LogP contribution in [0.4, 0.5) is 0 Å². The molecule has 9 heteroatoms. The van der Waals surface area contributed by atoms with Crippen LogP contribution in [0.25, 0.3) is 5.57 Å². The van der Waals surface area contributed by atoms with E-state index in [1.807, 2.05) is 6.92 Å². The number of aliphatic carboxylic acids is 1. The van der Waals surface area contributed by atoms with Gasteiger partial charge in [0.05, 0.1) is 10.9 Å². The molecule has 0 saturated carbocycles. The van der Waals surface area contributed by atoms with Gasteiger partial charge in [0.25, 0.3) is 5.91 Å². The Morgan fingerprint density at radius 3 is 2.74 bits per heavy atom. The van der Waals surface area contributed by atoms with Crippen LogP contribution in [0.2, 0.25) is 0 Å². The average Bonchev–Trinajstić information content (AvgIpc) is 3.08. The third kappa shape index (κ3) is 2.97. The first-order valence-corrected chi connectivity index (χ1v) is 10.3. The molecule has 0 fully saturated rings. The number of hydrogen-bond donors (Lipinski definition) is 2. The molecule has 3 rings (SSSR count). The van der Waals surface area contributed by atoms with Crippen LogP contribution < -0.4 is 10.6 Å². The number of carboxylic acid groups (broad SMARTS) is 1. The molecule has 142 valence electrons. The monoisotopic (exact) mass is 468 g/mol. The van der Waals surface area contributed by atoms with Crippen LogP contribution in [-0.2, 0) is 15.1 Å². The Balaban J connectivity index is 2.35. The quantitative estimate of drug-likeness (QED) is 0.658. The summed E-state index contributed by atoms with van der Waals surface area (Å²) in [6.07, 6.45) is 0.579. The van der Waals surface area contributed by atoms with E-state index in [0.29, 0.717) is 17.0 Å². The second-order valence-corrected chi connectivity index (χ2v) is 9.13. The zero-order chi connectivity index (χ0) is 20.1. The molecular formula is C18H17BrN2O4S2. The lowest BCUT2D eigenvalue weighted by atomic mass is 9.85. The van der Waals surface area contributed by atoms with E-state index >= 15 is 0 Å². The number of hydrogen-bond acceptors (Lipinski definition) is 5. The highest BCUT2D eigenvalue weighted by atomic mass is 79.9. The highest BCUT2D eigenvalue weighted by Crippen LogP contribution is 2.40. The van der Waals surface area contributed by atoms with E-state index in [1.165, 1.54) is 11.5 Å². The molecule has 0 radical (unpaired) electrons. The summed E-state index contributed by atoms with van der Waals surface area (Å²) in [5.74, 6) is -2.20. The maximum atomic E-state index is 12.5. The van der Waals surface area contributed by atoms with Gasteiger partial charge >= 0.3 is 5.97 Å². The fourth-order valence-electron chi connectivity index (χ4n) is 3.17. The lowest BCUT2D eigenvalue weighted by molar-refractivity contribution is -0.149. The van der Waals surface area contributed by atoms with Gasteiger partial charge in [-0.15, -0.1) is 11.3 Å². The second-order valence-electron chi connectivity index (χ2n) is 6.57. The molecule has 0 bridgehead atoms. The molecule has 1 aliphatic rings. The van der Waals surface area contributed by atoms with Crippen LogP contribution in [0, 0.1) is 9.87 Å². The number of fused-ring (bicyclic) bond motifs is 1. The number of thiazole rings is 1. The SMILES string of the molecule is CCC(C)C(C)(C(=O)O)n1c(O)c(C2=c3cc(Br)ccc3=NC2=O)sc1=S. The molecule has 1 aliphatic heterocycles. The normalized spacial score (nSPS) is 16.6. The number of carbonyl (C=O) groups is 2. The summed E-state index contributed by atoms with van der Waals surface area (Å²) < 4.78 is 2.20. The molecule has 0 spiro atoms. The Morgan fingerprint density at radius 1 is 1.48 bits per heavy atom. The molecule has 1 amide bonds. The largest absolute Gasteiger partial charge is 0.493 e. The van der Waals surface area contributed by atoms with Crippen LogP contribution >= 0.6 is 39.5 Å². The van der Waals surface area contributed by atoms with E-state index in [-0.39, 0.29) is 26.2 Å². The first-order chi connectivity index (χ1) is 12.6. The minimum Gasteiger partial charge on any atom is -0.493 e. The van der Waals surface area contributed by atoms with Crippen LogP contribution in [0.5, 0.6) is 5.88 Å². The van der Waals surface area contributed by atoms with Gasteiger partial charge in [-0.3, -0.25) is 9.36 Å². The van der Waals surface area contributed by atoms with Crippen LogP contribution in [-0.4, -0.2) is 26.7 Å². The molecule has 2 atom stereocenters. The van der Waals surface area contributed by atoms with Gasteiger partial charge in [-0.25, -0.2) is 9.79 Å². The first-order valence-electron chi connectivity index (χ1n) is 8.24. The van der Waals surface area contributed by atoms with Gasteiger partial charge in [-0.2, -0.15) is 0 Å². The smallest absolute Gasteiger partial charge is 0.330 e. The average molecular weight is 469 g/mol. The summed E-state index contributed by atoms with van der Waals surface area (Å²) in [4.78, 5) is 28.9. The molecule has 0 aliphatic carbocycles. The van der Waals surface area contributed by atoms with Crippen molar-refractivity contribution in [3.8, 4) is 5.88 Å². The summed E-state index contributed by atoms with van der Waals surface area (Å²) in [5.41, 5.74) is -1.21. The van der Waals surface area contributed by atoms with Gasteiger partial charge in [0.1, 0.15) is 10.4 Å². The standard InChI is InChI=1S/C18H17BrN2O4S2/c1-4-8(2)18(3,16(24)25)21-15(23)13(27-17(21)26)12-10-7-9(19)5-6-11(10)20-14(12)22/h5-8,23H,4H2,1-3H3,(H,24,25). The predicted octanol–water partition coefficient (Wildman–Crippen LogP) is 2.95. The topological polar surface area (TPSA) is 91.9 Å². The molecule has 0 saturated heterocycles. The van der Waals surface area contributed by atoms with Gasteiger partial charge in [0, 0.05) is 9.69 Å². The molecule has 2 unspecified atom stereocenters. The summed E-state index contributed by atoms with van der Waals surface area (Å²) in [6, 6.07) is 5.23. The summed E-state index contributed by atoms with van der Waals surface area (Å²) >= 11 is 9.78. The third-order valence-electron chi connectivity index (χ3n) is 5.15. The fraction of sp³-hybridized carbons (Fsp3) is 0.333. The number of nitrogens with zero attached hydrogens (tertiary/aromatic N) is 2. The van der Waals surface area contributed by atoms with E-state index < -0.39 is 17.4 Å². The summed E-state index contributed by atoms with van der Waals surface area (Å²) in [7, 11) is 0. The van der Waals surface area contributed by atoms with Crippen molar-refractivity contribution in [2.24, 2.45) is 10.9 Å². The first kappa shape index (κ1) is 19.9. The highest BCUT2D eigenvalue weighted by Gasteiger charge is 2.43. The number of halogens is 1. The number of aromatic nitrogens is 1. The molecule has 1 aromatic carbocycles. The fourth-order valence-corrected chi connectivity index (χ4v) is 5.08. The Bertz CT molecular complexity index is 1150. The van der Waals surface area contributed by atoms with E-state index in [0.717, 1.165) is 15.8 Å². The van der Waals surface area contributed by atoms with Crippen LogP contribution in [0.3, 0.4) is 0 Å². The van der Waals surface area contributed by atoms with Crippen molar-refractivity contribution in [3.63, 3.8) is 0 Å². The Morgan fingerprint density at radius 2 is 2.15 bits per heavy atom. The minimum absolute atomic E-state index is 0.191. The number of amides is 1. The van der Waals surface area contributed by atoms with Crippen LogP contribution in [0.1, 0.15) is 32.1 Å². The van der Waals surface area contributed by atoms with E-state index in [9.17, 15) is 19.8 Å². The molecule has 2 heterocycles. The molecular weight excluding hydrogens is 452 g/mol. The molecule has 27 heavy (non-hydrogen) atoms. The Kier molecular flexibility index (Phi) is 5.13. The van der Waals surface area contributed by atoms with E-state index in [4.69, 9.17) is 12.2 Å². The minimum atomic E-state index is -1.44. The number of carbonyl (C=O) groups excluding carboxylic acids is 1. The third-order valence-corrected chi connectivity index (χ3v) is 7.02. The van der Waals surface area contributed by atoms with Crippen molar-refractivity contribution in [1.82, 2.24) is 4.57 Å². The van der Waals surface area contributed by atoms with Gasteiger partial charge in [0.2, 0.25) is 5.88 Å². The number of rotatable bonds is 5. The molecule has 2 aromatic rings. The number of carboxylic acids is 1. The van der Waals surface area contributed by atoms with Gasteiger partial charge in [-0.05, 0) is 43.3 Å². The van der Waals surface area contributed by atoms with Crippen molar-refractivity contribution < 1.29 is 19.8 Å².